The van der Waals surface area contributed by atoms with Gasteiger partial charge in [-0.2, -0.15) is 0 Å². The second-order valence-electron chi connectivity index (χ2n) is 17.9. The van der Waals surface area contributed by atoms with Gasteiger partial charge in [0.15, 0.2) is 23.0 Å². The topological polar surface area (TPSA) is 55.4 Å². The molecule has 2 aliphatic rings. The molecule has 52 heavy (non-hydrogen) atoms. The molecule has 6 nitrogen and oxygen atoms in total. The normalized spacial score (nSPS) is 14.7. The van der Waals surface area contributed by atoms with Crippen molar-refractivity contribution in [3.05, 3.63) is 70.8 Å². The molecule has 0 saturated carbocycles. The molecule has 0 aliphatic carbocycles. The maximum absolute atomic E-state index is 6.33. The molecule has 278 valence electrons. The Labute approximate surface area is 314 Å². The van der Waals surface area contributed by atoms with Crippen LogP contribution in [0.25, 0.3) is 11.1 Å². The molecule has 0 fully saturated rings. The number of hydrogen-bond donors (Lipinski definition) is 0. The molecule has 0 N–H and O–H groups in total. The Kier molecular flexibility index (Phi) is 10.1. The minimum atomic E-state index is -0.112. The van der Waals surface area contributed by atoms with E-state index in [4.69, 9.17) is 28.4 Å². The minimum absolute atomic E-state index is 0.112. The van der Waals surface area contributed by atoms with E-state index in [0.29, 0.717) is 17.2 Å². The summed E-state index contributed by atoms with van der Waals surface area (Å²) in [7, 11) is 4.24. The lowest BCUT2D eigenvalue weighted by Gasteiger charge is -2.30. The molecular formula is C44H56O6P2. The van der Waals surface area contributed by atoms with Crippen molar-refractivity contribution < 1.29 is 28.4 Å². The largest absolute Gasteiger partial charge is 0.496 e. The van der Waals surface area contributed by atoms with Crippen LogP contribution in [0.2, 0.25) is 0 Å². The second-order valence-corrected chi connectivity index (χ2v) is 20.6. The van der Waals surface area contributed by atoms with Gasteiger partial charge in [0.2, 0.25) is 13.6 Å². The van der Waals surface area contributed by atoms with Crippen molar-refractivity contribution in [1.82, 2.24) is 0 Å². The van der Waals surface area contributed by atoms with Crippen LogP contribution in [0.15, 0.2) is 48.5 Å². The van der Waals surface area contributed by atoms with Crippen LogP contribution in [0.4, 0.5) is 0 Å². The molecule has 0 amide bonds. The average Bonchev–Trinajstić information content (AvgIpc) is 3.72. The Morgan fingerprint density at radius 3 is 1.04 bits per heavy atom. The Balaban J connectivity index is 1.58. The zero-order valence-electron chi connectivity index (χ0n) is 33.5. The van der Waals surface area contributed by atoms with Gasteiger partial charge in [0.1, 0.15) is 11.5 Å². The van der Waals surface area contributed by atoms with E-state index in [-0.39, 0.29) is 35.2 Å². The molecule has 2 atom stereocenters. The van der Waals surface area contributed by atoms with E-state index in [1.807, 2.05) is 12.1 Å². The Hall–Kier alpha value is -3.46. The highest BCUT2D eigenvalue weighted by molar-refractivity contribution is 7.56. The van der Waals surface area contributed by atoms with Crippen LogP contribution in [0.1, 0.15) is 105 Å². The van der Waals surface area contributed by atoms with Crippen molar-refractivity contribution in [2.45, 2.75) is 105 Å². The van der Waals surface area contributed by atoms with E-state index < -0.39 is 0 Å². The Bertz CT molecular complexity index is 1790. The second kappa shape index (κ2) is 13.7. The zero-order valence-corrected chi connectivity index (χ0v) is 35.5. The summed E-state index contributed by atoms with van der Waals surface area (Å²) in [6, 6.07) is 17.8. The molecule has 0 radical (unpaired) electrons. The van der Waals surface area contributed by atoms with Crippen molar-refractivity contribution in [1.29, 1.82) is 0 Å². The molecule has 0 spiro atoms. The van der Waals surface area contributed by atoms with Gasteiger partial charge in [-0.05, 0) is 91.4 Å². The first-order chi connectivity index (χ1) is 24.2. The molecule has 0 saturated heterocycles. The minimum Gasteiger partial charge on any atom is -0.496 e. The number of ether oxygens (including phenoxy) is 6. The third kappa shape index (κ3) is 7.36. The lowest BCUT2D eigenvalue weighted by molar-refractivity contribution is 0.173. The molecule has 2 unspecified atom stereocenters. The molecule has 0 aromatic heterocycles. The number of fused-ring (bicyclic) bond motifs is 2. The summed E-state index contributed by atoms with van der Waals surface area (Å²) in [5.41, 5.74) is 6.38. The molecule has 0 bridgehead atoms. The van der Waals surface area contributed by atoms with Gasteiger partial charge in [-0.15, -0.1) is 0 Å². The summed E-state index contributed by atoms with van der Waals surface area (Å²) in [5, 5.41) is 4.79. The average molecular weight is 743 g/mol. The number of methoxy groups -OCH3 is 2. The van der Waals surface area contributed by atoms with Gasteiger partial charge in [0.25, 0.3) is 0 Å². The monoisotopic (exact) mass is 742 g/mol. The van der Waals surface area contributed by atoms with Gasteiger partial charge >= 0.3 is 0 Å². The van der Waals surface area contributed by atoms with E-state index in [2.05, 4.69) is 119 Å². The predicted octanol–water partition coefficient (Wildman–Crippen LogP) is 9.28. The Morgan fingerprint density at radius 1 is 0.462 bits per heavy atom. The molecular weight excluding hydrogens is 686 g/mol. The maximum Gasteiger partial charge on any atom is 0.231 e. The van der Waals surface area contributed by atoms with Crippen molar-refractivity contribution in [3.8, 4) is 45.6 Å². The number of hydrogen-bond acceptors (Lipinski definition) is 6. The van der Waals surface area contributed by atoms with Crippen LogP contribution in [-0.4, -0.2) is 27.8 Å². The third-order valence-electron chi connectivity index (χ3n) is 9.70. The van der Waals surface area contributed by atoms with Crippen molar-refractivity contribution in [3.63, 3.8) is 0 Å². The van der Waals surface area contributed by atoms with Crippen LogP contribution in [0, 0.1) is 0 Å². The zero-order chi connectivity index (χ0) is 38.0. The van der Waals surface area contributed by atoms with Crippen LogP contribution >= 0.6 is 17.2 Å². The smallest absolute Gasteiger partial charge is 0.231 e. The van der Waals surface area contributed by atoms with Crippen molar-refractivity contribution in [2.75, 3.05) is 27.8 Å². The quantitative estimate of drug-likeness (QED) is 0.176. The highest BCUT2D eigenvalue weighted by Gasteiger charge is 2.33. The third-order valence-corrected chi connectivity index (χ3v) is 12.2. The first-order valence-electron chi connectivity index (χ1n) is 18.1. The van der Waals surface area contributed by atoms with Crippen LogP contribution in [0.5, 0.6) is 34.5 Å². The standard InChI is InChI=1S/C44H56O6P2/c1-41(2,3)27-19-25(20-28(37(27)45-13)42(4,5)6)51-33-17-15-31-39(49-23-47-31)35(33)36-34(18-16-32-40(36)50-24-48-32)52-26-21-29(43(7,8)9)38(46-14)30(22-26)44(10,11)12/h15-22,51-52H,23-24H2,1-14H3. The summed E-state index contributed by atoms with van der Waals surface area (Å²) in [4.78, 5) is 0. The fourth-order valence-electron chi connectivity index (χ4n) is 7.03. The Morgan fingerprint density at radius 2 is 0.769 bits per heavy atom. The predicted molar refractivity (Wildman–Crippen MR) is 220 cm³/mol. The lowest BCUT2D eigenvalue weighted by atomic mass is 9.79. The van der Waals surface area contributed by atoms with Crippen molar-refractivity contribution >= 4 is 38.4 Å². The van der Waals surface area contributed by atoms with E-state index in [0.717, 1.165) is 56.2 Å². The summed E-state index contributed by atoms with van der Waals surface area (Å²) < 4.78 is 36.9. The van der Waals surface area contributed by atoms with Gasteiger partial charge in [0.05, 0.1) is 14.2 Å². The molecule has 2 aliphatic heterocycles. The van der Waals surface area contributed by atoms with Gasteiger partial charge in [-0.3, -0.25) is 0 Å². The molecule has 2 heterocycles. The number of benzene rings is 4. The summed E-state index contributed by atoms with van der Waals surface area (Å²) in [5.74, 6) is 4.92. The summed E-state index contributed by atoms with van der Waals surface area (Å²) in [6.45, 7) is 27.4. The van der Waals surface area contributed by atoms with Gasteiger partial charge < -0.3 is 28.4 Å². The van der Waals surface area contributed by atoms with E-state index in [9.17, 15) is 0 Å². The van der Waals surface area contributed by atoms with Crippen molar-refractivity contribution in [2.24, 2.45) is 0 Å². The molecule has 4 aromatic carbocycles. The fraction of sp³-hybridized carbons (Fsp3) is 0.455. The van der Waals surface area contributed by atoms with E-state index in [1.165, 1.54) is 32.9 Å². The summed E-state index contributed by atoms with van der Waals surface area (Å²) in [6.07, 6.45) is 0. The van der Waals surface area contributed by atoms with Gasteiger partial charge in [-0.1, -0.05) is 100 Å². The van der Waals surface area contributed by atoms with Crippen LogP contribution < -0.4 is 49.6 Å². The molecule has 6 rings (SSSR count). The SMILES string of the molecule is COc1c(C(C)(C)C)cc(Pc2ccc3c(c2-c2c(Pc4cc(C(C)(C)C)c(OC)c(C(C)(C)C)c4)ccc4c2OCO4)OCO3)cc1C(C)(C)C. The van der Waals surface area contributed by atoms with E-state index in [1.54, 1.807) is 14.2 Å². The first kappa shape index (κ1) is 38.3. The summed E-state index contributed by atoms with van der Waals surface area (Å²) >= 11 is 0. The highest BCUT2D eigenvalue weighted by atomic mass is 31.1. The van der Waals surface area contributed by atoms with Crippen LogP contribution in [-0.2, 0) is 21.7 Å². The van der Waals surface area contributed by atoms with Gasteiger partial charge in [-0.25, -0.2) is 0 Å². The van der Waals surface area contributed by atoms with E-state index >= 15 is 0 Å². The fourth-order valence-corrected chi connectivity index (χ4v) is 9.58. The maximum atomic E-state index is 6.33. The molecule has 8 heteroatoms. The first-order valence-corrected chi connectivity index (χ1v) is 20.1. The number of rotatable bonds is 7. The van der Waals surface area contributed by atoms with Crippen LogP contribution in [0.3, 0.4) is 0 Å². The lowest BCUT2D eigenvalue weighted by Crippen LogP contribution is -2.23. The van der Waals surface area contributed by atoms with Gasteiger partial charge in [0, 0.05) is 33.4 Å². The highest BCUT2D eigenvalue weighted by Crippen LogP contribution is 2.50. The molecule has 4 aromatic rings.